The predicted octanol–water partition coefficient (Wildman–Crippen LogP) is -1.14. The number of thioether (sulfide) groups is 1. The summed E-state index contributed by atoms with van der Waals surface area (Å²) in [6.07, 6.45) is 0.784. The number of carbonyl (C=O) groups is 1. The van der Waals surface area contributed by atoms with Crippen LogP contribution in [0.1, 0.15) is 0 Å². The largest absolute Gasteiger partial charge is 0.341 e. The SMILES string of the molecule is O=CNC1CSCNN1. The molecule has 0 aromatic heterocycles. The molecule has 1 amide bonds. The number of rotatable bonds is 2. The Bertz CT molecular complexity index is 93.8. The molecular weight excluding hydrogens is 138 g/mol. The molecular formula is C4H9N3OS. The molecule has 1 rings (SSSR count). The Kier molecular flexibility index (Phi) is 2.82. The summed E-state index contributed by atoms with van der Waals surface area (Å²) in [5.41, 5.74) is 5.82. The van der Waals surface area contributed by atoms with Crippen molar-refractivity contribution in [3.63, 3.8) is 0 Å². The van der Waals surface area contributed by atoms with Gasteiger partial charge in [-0.05, 0) is 0 Å². The van der Waals surface area contributed by atoms with Crippen LogP contribution in [0.2, 0.25) is 0 Å². The maximum Gasteiger partial charge on any atom is 0.208 e. The maximum absolute atomic E-state index is 9.88. The van der Waals surface area contributed by atoms with Crippen LogP contribution in [0, 0.1) is 0 Å². The van der Waals surface area contributed by atoms with E-state index in [-0.39, 0.29) is 6.17 Å². The summed E-state index contributed by atoms with van der Waals surface area (Å²) in [4.78, 5) is 9.88. The van der Waals surface area contributed by atoms with Gasteiger partial charge in [0.25, 0.3) is 0 Å². The lowest BCUT2D eigenvalue weighted by Gasteiger charge is -2.22. The zero-order chi connectivity index (χ0) is 6.53. The monoisotopic (exact) mass is 147 g/mol. The van der Waals surface area contributed by atoms with Crippen molar-refractivity contribution in [1.29, 1.82) is 0 Å². The summed E-state index contributed by atoms with van der Waals surface area (Å²) in [7, 11) is 0. The average Bonchev–Trinajstić information content (AvgIpc) is 1.91. The van der Waals surface area contributed by atoms with Crippen LogP contribution >= 0.6 is 11.8 Å². The molecule has 0 aromatic carbocycles. The predicted molar refractivity (Wildman–Crippen MR) is 36.6 cm³/mol. The minimum Gasteiger partial charge on any atom is -0.341 e. The third-order valence-corrected chi connectivity index (χ3v) is 1.92. The van der Waals surface area contributed by atoms with E-state index in [2.05, 4.69) is 16.2 Å². The topological polar surface area (TPSA) is 53.2 Å². The van der Waals surface area contributed by atoms with Crippen molar-refractivity contribution in [3.8, 4) is 0 Å². The van der Waals surface area contributed by atoms with Crippen LogP contribution in [0.4, 0.5) is 0 Å². The summed E-state index contributed by atoms with van der Waals surface area (Å²) in [6, 6.07) is 0. The van der Waals surface area contributed by atoms with E-state index in [4.69, 9.17) is 0 Å². The van der Waals surface area contributed by atoms with Crippen LogP contribution < -0.4 is 16.2 Å². The quantitative estimate of drug-likeness (QED) is 0.432. The Morgan fingerprint density at radius 3 is 3.22 bits per heavy atom. The highest BCUT2D eigenvalue weighted by Gasteiger charge is 2.09. The van der Waals surface area contributed by atoms with Gasteiger partial charge < -0.3 is 5.32 Å². The van der Waals surface area contributed by atoms with E-state index < -0.39 is 0 Å². The van der Waals surface area contributed by atoms with Crippen LogP contribution in [-0.4, -0.2) is 24.2 Å². The van der Waals surface area contributed by atoms with E-state index in [0.29, 0.717) is 6.41 Å². The number of hydrogen-bond acceptors (Lipinski definition) is 4. The van der Waals surface area contributed by atoms with Gasteiger partial charge in [0.1, 0.15) is 6.17 Å². The van der Waals surface area contributed by atoms with Crippen molar-refractivity contribution < 1.29 is 4.79 Å². The number of hydrogen-bond donors (Lipinski definition) is 3. The molecule has 4 nitrogen and oxygen atoms in total. The van der Waals surface area contributed by atoms with E-state index in [9.17, 15) is 4.79 Å². The molecule has 0 spiro atoms. The van der Waals surface area contributed by atoms with Gasteiger partial charge >= 0.3 is 0 Å². The van der Waals surface area contributed by atoms with Crippen molar-refractivity contribution in [2.24, 2.45) is 0 Å². The standard InChI is InChI=1S/C4H9N3OS/c8-2-5-4-1-9-3-6-7-4/h2,4,6-7H,1,3H2,(H,5,8). The van der Waals surface area contributed by atoms with Crippen LogP contribution in [0.3, 0.4) is 0 Å². The first kappa shape index (κ1) is 6.85. The van der Waals surface area contributed by atoms with Gasteiger partial charge in [-0.3, -0.25) is 4.79 Å². The van der Waals surface area contributed by atoms with Gasteiger partial charge in [-0.2, -0.15) is 0 Å². The lowest BCUT2D eigenvalue weighted by Crippen LogP contribution is -2.53. The molecule has 0 radical (unpaired) electrons. The zero-order valence-corrected chi connectivity index (χ0v) is 5.70. The normalized spacial score (nSPS) is 27.3. The van der Waals surface area contributed by atoms with Crippen molar-refractivity contribution >= 4 is 18.2 Å². The average molecular weight is 147 g/mol. The van der Waals surface area contributed by atoms with Crippen molar-refractivity contribution in [2.45, 2.75) is 6.17 Å². The first-order valence-electron chi connectivity index (χ1n) is 2.69. The van der Waals surface area contributed by atoms with Gasteiger partial charge in [0.2, 0.25) is 6.41 Å². The summed E-state index contributed by atoms with van der Waals surface area (Å²) < 4.78 is 0. The highest BCUT2D eigenvalue weighted by Crippen LogP contribution is 2.01. The molecule has 0 saturated carbocycles. The summed E-state index contributed by atoms with van der Waals surface area (Å²) in [6.45, 7) is 0. The summed E-state index contributed by atoms with van der Waals surface area (Å²) in [5, 5.41) is 2.61. The molecule has 1 aliphatic rings. The fourth-order valence-electron chi connectivity index (χ4n) is 0.606. The van der Waals surface area contributed by atoms with Gasteiger partial charge in [-0.15, -0.1) is 11.8 Å². The molecule has 0 aromatic rings. The lowest BCUT2D eigenvalue weighted by molar-refractivity contribution is -0.110. The van der Waals surface area contributed by atoms with Gasteiger partial charge in [-0.1, -0.05) is 0 Å². The molecule has 1 heterocycles. The molecule has 0 aliphatic carbocycles. The molecule has 5 heteroatoms. The fraction of sp³-hybridized carbons (Fsp3) is 0.750. The molecule has 1 aliphatic heterocycles. The first-order chi connectivity index (χ1) is 4.43. The highest BCUT2D eigenvalue weighted by molar-refractivity contribution is 7.99. The van der Waals surface area contributed by atoms with Crippen molar-refractivity contribution in [2.75, 3.05) is 11.6 Å². The van der Waals surface area contributed by atoms with Crippen LogP contribution in [-0.2, 0) is 4.79 Å². The number of amides is 1. The molecule has 52 valence electrons. The van der Waals surface area contributed by atoms with Gasteiger partial charge in [0.15, 0.2) is 0 Å². The second-order valence-corrected chi connectivity index (χ2v) is 2.70. The molecule has 1 saturated heterocycles. The number of nitrogens with one attached hydrogen (secondary N) is 3. The Morgan fingerprint density at radius 2 is 2.67 bits per heavy atom. The lowest BCUT2D eigenvalue weighted by atomic mass is 10.6. The maximum atomic E-state index is 9.88. The molecule has 1 atom stereocenters. The molecule has 3 N–H and O–H groups in total. The highest BCUT2D eigenvalue weighted by atomic mass is 32.2. The van der Waals surface area contributed by atoms with E-state index in [0.717, 1.165) is 11.6 Å². The summed E-state index contributed by atoms with van der Waals surface area (Å²) >= 11 is 1.75. The Morgan fingerprint density at radius 1 is 1.78 bits per heavy atom. The minimum absolute atomic E-state index is 0.0845. The Hall–Kier alpha value is -0.260. The molecule has 9 heavy (non-hydrogen) atoms. The van der Waals surface area contributed by atoms with Crippen molar-refractivity contribution in [1.82, 2.24) is 16.2 Å². The van der Waals surface area contributed by atoms with E-state index >= 15 is 0 Å². The smallest absolute Gasteiger partial charge is 0.208 e. The molecule has 0 bridgehead atoms. The van der Waals surface area contributed by atoms with Crippen LogP contribution in [0.15, 0.2) is 0 Å². The zero-order valence-electron chi connectivity index (χ0n) is 4.89. The minimum atomic E-state index is 0.0845. The van der Waals surface area contributed by atoms with Gasteiger partial charge in [0.05, 0.1) is 5.88 Å². The van der Waals surface area contributed by atoms with E-state index in [1.165, 1.54) is 0 Å². The number of hydrazine groups is 1. The Labute approximate surface area is 57.7 Å². The molecule has 1 unspecified atom stereocenters. The van der Waals surface area contributed by atoms with Gasteiger partial charge in [-0.25, -0.2) is 10.9 Å². The van der Waals surface area contributed by atoms with Crippen LogP contribution in [0.25, 0.3) is 0 Å². The number of carbonyl (C=O) groups excluding carboxylic acids is 1. The second kappa shape index (κ2) is 3.71. The van der Waals surface area contributed by atoms with E-state index in [1.807, 2.05) is 0 Å². The third kappa shape index (κ3) is 2.21. The second-order valence-electron chi connectivity index (χ2n) is 1.67. The fourth-order valence-corrected chi connectivity index (χ4v) is 1.32. The molecule has 1 fully saturated rings. The van der Waals surface area contributed by atoms with E-state index in [1.54, 1.807) is 11.8 Å². The third-order valence-electron chi connectivity index (χ3n) is 1.00. The van der Waals surface area contributed by atoms with Crippen molar-refractivity contribution in [3.05, 3.63) is 0 Å². The van der Waals surface area contributed by atoms with Crippen LogP contribution in [0.5, 0.6) is 0 Å². The Balaban J connectivity index is 2.15. The first-order valence-corrected chi connectivity index (χ1v) is 3.85. The van der Waals surface area contributed by atoms with Gasteiger partial charge in [0, 0.05) is 5.75 Å². The summed E-state index contributed by atoms with van der Waals surface area (Å²) in [5.74, 6) is 1.82.